The molecule has 9 nitrogen and oxygen atoms in total. The highest BCUT2D eigenvalue weighted by atomic mass is 16.6. The number of aromatic nitrogens is 2. The number of ether oxygens (including phenoxy) is 2. The van der Waals surface area contributed by atoms with E-state index in [0.29, 0.717) is 6.61 Å². The number of aliphatic hydroxyl groups is 3. The van der Waals surface area contributed by atoms with Gasteiger partial charge in [0.05, 0.1) is 18.8 Å². The van der Waals surface area contributed by atoms with Gasteiger partial charge in [-0.3, -0.25) is 14.3 Å². The third kappa shape index (κ3) is 4.11. The fourth-order valence-electron chi connectivity index (χ4n) is 2.57. The summed E-state index contributed by atoms with van der Waals surface area (Å²) >= 11 is 0. The van der Waals surface area contributed by atoms with Gasteiger partial charge in [0.1, 0.15) is 18.3 Å². The largest absolute Gasteiger partial charge is 0.394 e. The Hall–Kier alpha value is -1.52. The molecule has 1 saturated heterocycles. The smallest absolute Gasteiger partial charge is 0.330 e. The van der Waals surface area contributed by atoms with Gasteiger partial charge in [0, 0.05) is 12.8 Å². The Labute approximate surface area is 138 Å². The van der Waals surface area contributed by atoms with Gasteiger partial charge in [0.2, 0.25) is 0 Å². The van der Waals surface area contributed by atoms with Gasteiger partial charge >= 0.3 is 5.69 Å². The molecule has 1 fully saturated rings. The van der Waals surface area contributed by atoms with Crippen molar-refractivity contribution in [3.8, 4) is 0 Å². The minimum absolute atomic E-state index is 0.0219. The summed E-state index contributed by atoms with van der Waals surface area (Å²) in [6, 6.07) is 0. The molecule has 1 aromatic rings. The topological polar surface area (TPSA) is 134 Å². The lowest BCUT2D eigenvalue weighted by Crippen LogP contribution is -2.39. The maximum absolute atomic E-state index is 12.0. The first-order valence-corrected chi connectivity index (χ1v) is 8.04. The van der Waals surface area contributed by atoms with Crippen molar-refractivity contribution in [2.24, 2.45) is 0 Å². The maximum atomic E-state index is 12.0. The van der Waals surface area contributed by atoms with Crippen molar-refractivity contribution >= 4 is 0 Å². The third-order valence-electron chi connectivity index (χ3n) is 3.98. The Morgan fingerprint density at radius 2 is 2.04 bits per heavy atom. The van der Waals surface area contributed by atoms with Crippen molar-refractivity contribution < 1.29 is 24.8 Å². The molecule has 0 aliphatic carbocycles. The van der Waals surface area contributed by atoms with Gasteiger partial charge in [-0.15, -0.1) is 0 Å². The van der Waals surface area contributed by atoms with Crippen molar-refractivity contribution in [3.63, 3.8) is 0 Å². The molecule has 0 aromatic carbocycles. The van der Waals surface area contributed by atoms with E-state index < -0.39 is 42.4 Å². The molecule has 0 spiro atoms. The minimum atomic E-state index is -1.40. The van der Waals surface area contributed by atoms with E-state index in [0.717, 1.165) is 23.8 Å². The van der Waals surface area contributed by atoms with Crippen LogP contribution in [-0.4, -0.2) is 56.4 Å². The highest BCUT2D eigenvalue weighted by Crippen LogP contribution is 2.27. The van der Waals surface area contributed by atoms with E-state index >= 15 is 0 Å². The summed E-state index contributed by atoms with van der Waals surface area (Å²) < 4.78 is 11.7. The number of unbranched alkanes of at least 4 members (excludes halogenated alkanes) is 2. The summed E-state index contributed by atoms with van der Waals surface area (Å²) in [5, 5.41) is 28.9. The lowest BCUT2D eigenvalue weighted by molar-refractivity contribution is -0.0553. The summed E-state index contributed by atoms with van der Waals surface area (Å²) in [6.07, 6.45) is -0.711. The first-order valence-electron chi connectivity index (χ1n) is 8.04. The van der Waals surface area contributed by atoms with Gasteiger partial charge in [0.15, 0.2) is 6.23 Å². The van der Waals surface area contributed by atoms with E-state index in [-0.39, 0.29) is 12.2 Å². The normalized spacial score (nSPS) is 26.8. The number of nitrogens with zero attached hydrogens (tertiary/aromatic N) is 1. The summed E-state index contributed by atoms with van der Waals surface area (Å²) in [5.41, 5.74) is -1.13. The number of H-pyrrole nitrogens is 1. The van der Waals surface area contributed by atoms with E-state index in [2.05, 4.69) is 11.9 Å². The van der Waals surface area contributed by atoms with Crippen LogP contribution in [-0.2, 0) is 16.1 Å². The zero-order valence-corrected chi connectivity index (χ0v) is 13.6. The Morgan fingerprint density at radius 1 is 1.29 bits per heavy atom. The number of aromatic amines is 1. The van der Waals surface area contributed by atoms with Crippen LogP contribution < -0.4 is 11.2 Å². The van der Waals surface area contributed by atoms with Crippen molar-refractivity contribution in [1.29, 1.82) is 0 Å². The molecule has 0 bridgehead atoms. The van der Waals surface area contributed by atoms with Gasteiger partial charge in [-0.05, 0) is 6.42 Å². The van der Waals surface area contributed by atoms with Gasteiger partial charge in [-0.1, -0.05) is 19.8 Å². The standard InChI is InChI=1S/C15H24N2O7/c1-2-3-4-5-23-8-9-6-17(15(22)16-13(9)21)14-12(20)11(19)10(7-18)24-14/h6,10-12,14,18-20H,2-5,7-8H2,1H3,(H,16,21,22)/t10-,11-,12-,14-/m1/s1. The van der Waals surface area contributed by atoms with Crippen molar-refractivity contribution in [2.45, 2.75) is 57.3 Å². The molecule has 1 aliphatic rings. The molecule has 4 atom stereocenters. The predicted octanol–water partition coefficient (Wildman–Crippen LogP) is -1.15. The van der Waals surface area contributed by atoms with Gasteiger partial charge in [-0.25, -0.2) is 4.79 Å². The van der Waals surface area contributed by atoms with Crippen LogP contribution in [0.1, 0.15) is 38.0 Å². The van der Waals surface area contributed by atoms with Gasteiger partial charge in [-0.2, -0.15) is 0 Å². The second-order valence-electron chi connectivity index (χ2n) is 5.81. The predicted molar refractivity (Wildman–Crippen MR) is 83.5 cm³/mol. The molecule has 0 radical (unpaired) electrons. The second-order valence-corrected chi connectivity index (χ2v) is 5.81. The summed E-state index contributed by atoms with van der Waals surface area (Å²) in [7, 11) is 0. The highest BCUT2D eigenvalue weighted by Gasteiger charge is 2.43. The Bertz CT molecular complexity index is 641. The highest BCUT2D eigenvalue weighted by molar-refractivity contribution is 5.05. The van der Waals surface area contributed by atoms with Gasteiger partial charge in [0.25, 0.3) is 5.56 Å². The Morgan fingerprint density at radius 3 is 2.67 bits per heavy atom. The third-order valence-corrected chi connectivity index (χ3v) is 3.98. The Balaban J connectivity index is 2.15. The Kier molecular flexibility index (Phi) is 6.69. The zero-order valence-electron chi connectivity index (χ0n) is 13.6. The molecule has 0 saturated carbocycles. The molecular weight excluding hydrogens is 320 g/mol. The monoisotopic (exact) mass is 344 g/mol. The molecule has 0 unspecified atom stereocenters. The van der Waals surface area contributed by atoms with E-state index in [9.17, 15) is 19.8 Å². The first kappa shape index (κ1) is 18.8. The van der Waals surface area contributed by atoms with Crippen LogP contribution in [0.3, 0.4) is 0 Å². The van der Waals surface area contributed by atoms with Crippen LogP contribution in [0.5, 0.6) is 0 Å². The second kappa shape index (κ2) is 8.54. The molecule has 0 amide bonds. The van der Waals surface area contributed by atoms with Crippen LogP contribution >= 0.6 is 0 Å². The number of hydrogen-bond donors (Lipinski definition) is 4. The molecule has 136 valence electrons. The van der Waals surface area contributed by atoms with E-state index in [1.54, 1.807) is 0 Å². The van der Waals surface area contributed by atoms with Crippen molar-refractivity contribution in [1.82, 2.24) is 9.55 Å². The molecule has 9 heteroatoms. The quantitative estimate of drug-likeness (QED) is 0.438. The van der Waals surface area contributed by atoms with Crippen LogP contribution in [0.2, 0.25) is 0 Å². The van der Waals surface area contributed by atoms with Gasteiger partial charge < -0.3 is 24.8 Å². The van der Waals surface area contributed by atoms with E-state index in [1.165, 1.54) is 6.20 Å². The SMILES string of the molecule is CCCCCOCc1cn([C@@H]2O[C@H](CO)[C@@H](O)[C@H]2O)c(=O)[nH]c1=O. The number of rotatable bonds is 8. The number of aliphatic hydroxyl groups excluding tert-OH is 3. The van der Waals surface area contributed by atoms with Crippen molar-refractivity contribution in [2.75, 3.05) is 13.2 Å². The molecule has 2 heterocycles. The van der Waals surface area contributed by atoms with Crippen LogP contribution in [0.25, 0.3) is 0 Å². The maximum Gasteiger partial charge on any atom is 0.330 e. The molecule has 2 rings (SSSR count). The summed E-state index contributed by atoms with van der Waals surface area (Å²) in [4.78, 5) is 26.0. The van der Waals surface area contributed by atoms with Crippen LogP contribution in [0, 0.1) is 0 Å². The molecule has 1 aliphatic heterocycles. The first-order chi connectivity index (χ1) is 11.5. The lowest BCUT2D eigenvalue weighted by Gasteiger charge is -2.18. The molecular formula is C15H24N2O7. The van der Waals surface area contributed by atoms with Crippen LogP contribution in [0.4, 0.5) is 0 Å². The number of hydrogen-bond acceptors (Lipinski definition) is 7. The summed E-state index contributed by atoms with van der Waals surface area (Å²) in [6.45, 7) is 2.09. The average molecular weight is 344 g/mol. The van der Waals surface area contributed by atoms with E-state index in [1.807, 2.05) is 0 Å². The lowest BCUT2D eigenvalue weighted by atomic mass is 10.1. The number of nitrogens with one attached hydrogen (secondary N) is 1. The molecule has 1 aromatic heterocycles. The fraction of sp³-hybridized carbons (Fsp3) is 0.733. The van der Waals surface area contributed by atoms with Crippen LogP contribution in [0.15, 0.2) is 15.8 Å². The fourth-order valence-corrected chi connectivity index (χ4v) is 2.57. The molecule has 4 N–H and O–H groups in total. The zero-order chi connectivity index (χ0) is 17.7. The van der Waals surface area contributed by atoms with E-state index in [4.69, 9.17) is 14.6 Å². The molecule has 24 heavy (non-hydrogen) atoms. The minimum Gasteiger partial charge on any atom is -0.394 e. The summed E-state index contributed by atoms with van der Waals surface area (Å²) in [5.74, 6) is 0. The average Bonchev–Trinajstić information content (AvgIpc) is 2.84. The van der Waals surface area contributed by atoms with Crippen molar-refractivity contribution in [3.05, 3.63) is 32.6 Å².